The Hall–Kier alpha value is -1.02. The maximum atomic E-state index is 14.0. The molecule has 0 amide bonds. The molecule has 4 rings (SSSR count). The van der Waals surface area contributed by atoms with Gasteiger partial charge in [0.25, 0.3) is 0 Å². The number of ether oxygens (including phenoxy) is 1. The van der Waals surface area contributed by atoms with Gasteiger partial charge in [-0.3, -0.25) is 4.90 Å². The summed E-state index contributed by atoms with van der Waals surface area (Å²) in [5.74, 6) is -0.149. The summed E-state index contributed by atoms with van der Waals surface area (Å²) >= 11 is 0. The predicted octanol–water partition coefficient (Wildman–Crippen LogP) is 2.73. The molecule has 2 heterocycles. The second-order valence-corrected chi connectivity index (χ2v) is 10.4. The lowest BCUT2D eigenvalue weighted by Gasteiger charge is -2.46. The summed E-state index contributed by atoms with van der Waals surface area (Å²) in [6.45, 7) is 4.88. The van der Waals surface area contributed by atoms with E-state index in [0.717, 1.165) is 62.7 Å². The Kier molecular flexibility index (Phi) is 5.31. The van der Waals surface area contributed by atoms with Crippen LogP contribution < -0.4 is 4.72 Å². The Labute approximate surface area is 161 Å². The van der Waals surface area contributed by atoms with Crippen LogP contribution >= 0.6 is 0 Å². The van der Waals surface area contributed by atoms with Crippen LogP contribution in [0.15, 0.2) is 18.2 Å². The van der Waals surface area contributed by atoms with Gasteiger partial charge in [0.05, 0.1) is 10.9 Å². The van der Waals surface area contributed by atoms with Crippen molar-refractivity contribution >= 4 is 10.0 Å². The van der Waals surface area contributed by atoms with Crippen molar-refractivity contribution in [3.63, 3.8) is 0 Å². The molecule has 0 aromatic heterocycles. The molecule has 7 heteroatoms. The lowest BCUT2D eigenvalue weighted by atomic mass is 9.82. The number of benzene rings is 1. The summed E-state index contributed by atoms with van der Waals surface area (Å²) in [5.41, 5.74) is 1.57. The first kappa shape index (κ1) is 19.3. The summed E-state index contributed by atoms with van der Waals surface area (Å²) < 4.78 is 47.6. The molecule has 2 saturated heterocycles. The number of aryl methyl sites for hydroxylation is 1. The van der Waals surface area contributed by atoms with Gasteiger partial charge in [0.2, 0.25) is 10.0 Å². The Morgan fingerprint density at radius 2 is 2.00 bits per heavy atom. The molecule has 3 fully saturated rings. The summed E-state index contributed by atoms with van der Waals surface area (Å²) in [6.07, 6.45) is 4.78. The number of nitrogens with zero attached hydrogens (tertiary/aromatic N) is 1. The Bertz CT molecular complexity index is 786. The largest absolute Gasteiger partial charge is 0.375 e. The summed E-state index contributed by atoms with van der Waals surface area (Å²) in [4.78, 5) is 2.27. The van der Waals surface area contributed by atoms with Gasteiger partial charge in [-0.15, -0.1) is 0 Å². The van der Waals surface area contributed by atoms with Crippen LogP contribution in [0.5, 0.6) is 0 Å². The first-order chi connectivity index (χ1) is 12.9. The van der Waals surface area contributed by atoms with E-state index in [-0.39, 0.29) is 22.7 Å². The molecule has 1 aromatic rings. The lowest BCUT2D eigenvalue weighted by molar-refractivity contribution is -0.118. The topological polar surface area (TPSA) is 58.6 Å². The zero-order chi connectivity index (χ0) is 19.1. The number of rotatable bonds is 5. The molecule has 1 spiro atoms. The molecule has 0 radical (unpaired) electrons. The molecule has 1 aliphatic carbocycles. The van der Waals surface area contributed by atoms with Crippen molar-refractivity contribution in [3.8, 4) is 0 Å². The van der Waals surface area contributed by atoms with Gasteiger partial charge in [0.15, 0.2) is 0 Å². The first-order valence-corrected chi connectivity index (χ1v) is 11.5. The van der Waals surface area contributed by atoms with Gasteiger partial charge in [-0.25, -0.2) is 17.5 Å². The molecule has 1 aromatic carbocycles. The van der Waals surface area contributed by atoms with Crippen molar-refractivity contribution in [1.29, 1.82) is 0 Å². The van der Waals surface area contributed by atoms with Crippen molar-refractivity contribution in [2.45, 2.75) is 68.9 Å². The average Bonchev–Trinajstić information content (AvgIpc) is 3.46. The first-order valence-electron chi connectivity index (χ1n) is 9.98. The Balaban J connectivity index is 1.34. The van der Waals surface area contributed by atoms with Crippen molar-refractivity contribution in [3.05, 3.63) is 35.1 Å². The zero-order valence-corrected chi connectivity index (χ0v) is 16.7. The van der Waals surface area contributed by atoms with Gasteiger partial charge in [0.1, 0.15) is 5.82 Å². The number of sulfonamides is 1. The van der Waals surface area contributed by atoms with Crippen LogP contribution in [0.2, 0.25) is 0 Å². The number of halogens is 1. The van der Waals surface area contributed by atoms with Gasteiger partial charge in [-0.05, 0) is 51.5 Å². The van der Waals surface area contributed by atoms with Crippen molar-refractivity contribution < 1.29 is 17.5 Å². The Morgan fingerprint density at radius 1 is 1.26 bits per heavy atom. The number of likely N-dealkylation sites (tertiary alicyclic amines) is 1. The molecular weight excluding hydrogens is 367 g/mol. The van der Waals surface area contributed by atoms with Crippen LogP contribution in [0, 0.1) is 12.7 Å². The van der Waals surface area contributed by atoms with Crippen LogP contribution in [0.1, 0.15) is 49.7 Å². The van der Waals surface area contributed by atoms with Gasteiger partial charge in [-0.1, -0.05) is 17.7 Å². The van der Waals surface area contributed by atoms with Gasteiger partial charge >= 0.3 is 0 Å². The van der Waals surface area contributed by atoms with Crippen molar-refractivity contribution in [2.24, 2.45) is 0 Å². The summed E-state index contributed by atoms with van der Waals surface area (Å²) in [5, 5.41) is -0.178. The highest BCUT2D eigenvalue weighted by molar-refractivity contribution is 7.90. The summed E-state index contributed by atoms with van der Waals surface area (Å²) in [6, 6.07) is 5.23. The zero-order valence-electron chi connectivity index (χ0n) is 15.9. The maximum absolute atomic E-state index is 14.0. The lowest BCUT2D eigenvalue weighted by Crippen LogP contribution is -2.53. The van der Waals surface area contributed by atoms with E-state index >= 15 is 0 Å². The normalized spacial score (nSPS) is 26.4. The van der Waals surface area contributed by atoms with E-state index in [2.05, 4.69) is 9.62 Å². The van der Waals surface area contributed by atoms with E-state index in [9.17, 15) is 12.8 Å². The van der Waals surface area contributed by atoms with E-state index in [0.29, 0.717) is 13.2 Å². The highest BCUT2D eigenvalue weighted by atomic mass is 32.2. The minimum Gasteiger partial charge on any atom is -0.375 e. The minimum absolute atomic E-state index is 0.0230. The third-order valence-corrected chi connectivity index (χ3v) is 8.16. The molecule has 5 nitrogen and oxygen atoms in total. The second-order valence-electron chi connectivity index (χ2n) is 8.45. The Morgan fingerprint density at radius 3 is 2.70 bits per heavy atom. The molecule has 0 bridgehead atoms. The fraction of sp³-hybridized carbons (Fsp3) is 0.700. The second kappa shape index (κ2) is 7.43. The monoisotopic (exact) mass is 396 g/mol. The van der Waals surface area contributed by atoms with Gasteiger partial charge < -0.3 is 4.74 Å². The maximum Gasteiger partial charge on any atom is 0.214 e. The smallest absolute Gasteiger partial charge is 0.214 e. The quantitative estimate of drug-likeness (QED) is 0.831. The highest BCUT2D eigenvalue weighted by Gasteiger charge is 2.43. The molecular formula is C20H29FN2O3S. The van der Waals surface area contributed by atoms with E-state index in [1.165, 1.54) is 6.07 Å². The van der Waals surface area contributed by atoms with Gasteiger partial charge in [-0.2, -0.15) is 0 Å². The van der Waals surface area contributed by atoms with E-state index < -0.39 is 10.0 Å². The number of hydrogen-bond acceptors (Lipinski definition) is 4. The predicted molar refractivity (Wildman–Crippen MR) is 102 cm³/mol. The van der Waals surface area contributed by atoms with Crippen LogP contribution in [-0.4, -0.2) is 49.9 Å². The number of hydrogen-bond donors (Lipinski definition) is 1. The van der Waals surface area contributed by atoms with Crippen LogP contribution in [-0.2, 0) is 21.3 Å². The SMILES string of the molecule is Cc1ccc(F)c(CN2CCC3(CC2)C[C@@H](NS(=O)(=O)C2CC2)CCO3)c1. The third-order valence-electron chi connectivity index (χ3n) is 6.15. The fourth-order valence-corrected chi connectivity index (χ4v) is 5.98. The van der Waals surface area contributed by atoms with E-state index in [1.807, 2.05) is 13.0 Å². The minimum atomic E-state index is -3.16. The van der Waals surface area contributed by atoms with Crippen LogP contribution in [0.3, 0.4) is 0 Å². The molecule has 3 aliphatic rings. The van der Waals surface area contributed by atoms with Crippen LogP contribution in [0.4, 0.5) is 4.39 Å². The molecule has 150 valence electrons. The van der Waals surface area contributed by atoms with Crippen LogP contribution in [0.25, 0.3) is 0 Å². The summed E-state index contributed by atoms with van der Waals surface area (Å²) in [7, 11) is -3.16. The van der Waals surface area contributed by atoms with Gasteiger partial charge in [0, 0.05) is 37.8 Å². The molecule has 1 N–H and O–H groups in total. The standard InChI is InChI=1S/C20H29FN2O3S/c1-15-2-5-19(21)16(12-15)14-23-9-7-20(8-10-23)13-17(6-11-26-20)22-27(24,25)18-3-4-18/h2,5,12,17-18,22H,3-4,6-11,13-14H2,1H3/t17-/m0/s1. The fourth-order valence-electron chi connectivity index (χ4n) is 4.37. The van der Waals surface area contributed by atoms with E-state index in [1.54, 1.807) is 6.07 Å². The molecule has 1 saturated carbocycles. The molecule has 0 unspecified atom stereocenters. The average molecular weight is 397 g/mol. The van der Waals surface area contributed by atoms with E-state index in [4.69, 9.17) is 4.74 Å². The molecule has 27 heavy (non-hydrogen) atoms. The van der Waals surface area contributed by atoms with Crippen molar-refractivity contribution in [1.82, 2.24) is 9.62 Å². The van der Waals surface area contributed by atoms with Crippen molar-refractivity contribution in [2.75, 3.05) is 19.7 Å². The molecule has 1 atom stereocenters. The third kappa shape index (κ3) is 4.53. The molecule has 2 aliphatic heterocycles. The number of piperidine rings is 1. The highest BCUT2D eigenvalue weighted by Crippen LogP contribution is 2.36. The number of nitrogens with one attached hydrogen (secondary N) is 1.